The Labute approximate surface area is 118 Å². The van der Waals surface area contributed by atoms with Gasteiger partial charge in [0.15, 0.2) is 0 Å². The van der Waals surface area contributed by atoms with E-state index >= 15 is 0 Å². The number of hydrogen-bond donors (Lipinski definition) is 2. The lowest BCUT2D eigenvalue weighted by molar-refractivity contribution is -0.425. The van der Waals surface area contributed by atoms with E-state index in [2.05, 4.69) is 15.2 Å². The normalized spacial score (nSPS) is 17.8. The smallest absolute Gasteiger partial charge is 0.351 e. The number of methoxy groups -OCH3 is 2. The summed E-state index contributed by atoms with van der Waals surface area (Å²) in [7, 11) is -1.66. The van der Waals surface area contributed by atoms with Gasteiger partial charge in [0.05, 0.1) is 6.04 Å². The minimum Gasteiger partial charge on any atom is -0.544 e. The number of aliphatic hydroxyl groups excluding tert-OH is 1. The molecule has 1 unspecified atom stereocenters. The van der Waals surface area contributed by atoms with E-state index < -0.39 is 25.3 Å². The molecule has 1 aliphatic rings. The summed E-state index contributed by atoms with van der Waals surface area (Å²) in [6, 6.07) is 0.786. The van der Waals surface area contributed by atoms with E-state index in [-0.39, 0.29) is 0 Å². The van der Waals surface area contributed by atoms with Gasteiger partial charge >= 0.3 is 7.68 Å². The average molecular weight is 311 g/mol. The van der Waals surface area contributed by atoms with Crippen molar-refractivity contribution >= 4 is 13.6 Å². The van der Waals surface area contributed by atoms with E-state index in [0.29, 0.717) is 0 Å². The highest BCUT2D eigenvalue weighted by molar-refractivity contribution is 7.31. The van der Waals surface area contributed by atoms with Gasteiger partial charge in [-0.05, 0) is 25.7 Å². The van der Waals surface area contributed by atoms with Crippen LogP contribution in [0.2, 0.25) is 0 Å². The Hall–Kier alpha value is -0.790. The van der Waals surface area contributed by atoms with E-state index in [1.54, 1.807) is 0 Å². The van der Waals surface area contributed by atoms with Gasteiger partial charge in [0, 0.05) is 14.2 Å². The van der Waals surface area contributed by atoms with E-state index in [0.717, 1.165) is 20.3 Å². The van der Waals surface area contributed by atoms with Crippen LogP contribution >= 0.6 is 7.68 Å². The third kappa shape index (κ3) is 5.30. The molecule has 0 saturated heterocycles. The quantitative estimate of drug-likeness (QED) is 0.478. The van der Waals surface area contributed by atoms with Crippen molar-refractivity contribution in [1.82, 2.24) is 0 Å². The van der Waals surface area contributed by atoms with Crippen LogP contribution in [0.4, 0.5) is 0 Å². The Morgan fingerprint density at radius 1 is 1.30 bits per heavy atom. The van der Waals surface area contributed by atoms with Crippen LogP contribution < -0.4 is 10.8 Å². The fraction of sp³-hybridized carbons (Fsp3) is 0.909. The van der Waals surface area contributed by atoms with Crippen molar-refractivity contribution in [2.24, 2.45) is 0 Å². The molecular formula is C11H22NO7P. The van der Waals surface area contributed by atoms with Crippen molar-refractivity contribution < 1.29 is 39.3 Å². The molecule has 0 bridgehead atoms. The van der Waals surface area contributed by atoms with Crippen LogP contribution in [-0.4, -0.2) is 43.0 Å². The zero-order valence-corrected chi connectivity index (χ0v) is 12.6. The van der Waals surface area contributed by atoms with E-state index in [1.165, 1.54) is 32.1 Å². The Bertz CT molecular complexity index is 354. The first kappa shape index (κ1) is 19.2. The molecule has 8 nitrogen and oxygen atoms in total. The number of aliphatic hydroxyl groups is 1. The van der Waals surface area contributed by atoms with E-state index in [4.69, 9.17) is 5.11 Å². The highest BCUT2D eigenvalue weighted by Crippen LogP contribution is 2.27. The molecule has 1 saturated carbocycles. The Morgan fingerprint density at radius 2 is 1.75 bits per heavy atom. The zero-order chi connectivity index (χ0) is 15.8. The second-order valence-corrected chi connectivity index (χ2v) is 5.59. The predicted molar refractivity (Wildman–Crippen MR) is 65.8 cm³/mol. The molecule has 20 heavy (non-hydrogen) atoms. The van der Waals surface area contributed by atoms with Crippen LogP contribution in [0.25, 0.3) is 0 Å². The predicted octanol–water partition coefficient (Wildman–Crippen LogP) is -1.22. The summed E-state index contributed by atoms with van der Waals surface area (Å²) < 4.78 is 29.1. The maximum Gasteiger partial charge on any atom is 0.351 e. The number of carbonyl (C=O) groups excluding carboxylic acids is 1. The summed E-state index contributed by atoms with van der Waals surface area (Å²) in [5.41, 5.74) is 4.00. The van der Waals surface area contributed by atoms with Gasteiger partial charge in [-0.3, -0.25) is 0 Å². The lowest BCUT2D eigenvalue weighted by Gasteiger charge is -2.31. The topological polar surface area (TPSA) is 141 Å². The highest BCUT2D eigenvalue weighted by Gasteiger charge is 2.44. The maximum absolute atomic E-state index is 10.4. The van der Waals surface area contributed by atoms with Gasteiger partial charge in [0.1, 0.15) is 5.97 Å². The minimum absolute atomic E-state index is 0.786. The molecule has 1 fully saturated rings. The van der Waals surface area contributed by atoms with E-state index in [9.17, 15) is 19.0 Å². The largest absolute Gasteiger partial charge is 0.544 e. The monoisotopic (exact) mass is 311 g/mol. The molecule has 4 N–H and O–H groups in total. The number of carbonyl (C=O) groups is 1. The van der Waals surface area contributed by atoms with E-state index in [1.807, 2.05) is 0 Å². The molecule has 0 amide bonds. The lowest BCUT2D eigenvalue weighted by Crippen LogP contribution is -2.61. The number of rotatable bonds is 5. The summed E-state index contributed by atoms with van der Waals surface area (Å²) in [5, 5.41) is 19.4. The second-order valence-electron chi connectivity index (χ2n) is 4.53. The summed E-state index contributed by atoms with van der Waals surface area (Å²) in [6.45, 7) is 0. The highest BCUT2D eigenvalue weighted by atomic mass is 31.1. The van der Waals surface area contributed by atoms with Crippen molar-refractivity contribution in [2.75, 3.05) is 14.2 Å². The summed E-state index contributed by atoms with van der Waals surface area (Å²) >= 11 is 0. The summed E-state index contributed by atoms with van der Waals surface area (Å²) in [5.74, 6) is -6.96. The molecule has 0 aromatic heterocycles. The molecule has 0 radical (unpaired) electrons. The minimum atomic E-state index is -3.41. The van der Waals surface area contributed by atoms with Crippen LogP contribution in [-0.2, 0) is 23.4 Å². The molecule has 1 aliphatic carbocycles. The Morgan fingerprint density at radius 3 is 1.90 bits per heavy atom. The summed E-state index contributed by atoms with van der Waals surface area (Å²) in [4.78, 5) is 10.4. The van der Waals surface area contributed by atoms with Gasteiger partial charge in [0.2, 0.25) is 11.6 Å². The van der Waals surface area contributed by atoms with Crippen molar-refractivity contribution in [3.63, 3.8) is 0 Å². The lowest BCUT2D eigenvalue weighted by atomic mass is 9.97. The van der Waals surface area contributed by atoms with Crippen molar-refractivity contribution in [3.05, 3.63) is 0 Å². The molecule has 1 atom stereocenters. The molecule has 0 aliphatic heterocycles. The number of carboxylic acid groups (broad SMARTS) is 1. The fourth-order valence-corrected chi connectivity index (χ4v) is 2.49. The number of aliphatic carboxylic acids is 1. The standard InChI is InChI=1S/C6H13N.C5H9O7P/c7-6-4-2-1-3-5-6;1-11-5(12-2,3(6)7)4(8)13(9)10/h6H,1-5,7H2;4,8H,1-2H3,(H,6,7). The van der Waals surface area contributed by atoms with Gasteiger partial charge in [0.25, 0.3) is 0 Å². The molecule has 1 rings (SSSR count). The second kappa shape index (κ2) is 9.20. The Kier molecular flexibility index (Phi) is 8.84. The Balaban J connectivity index is 0.000000428. The number of ether oxygens (including phenoxy) is 2. The molecule has 0 spiro atoms. The molecular weight excluding hydrogens is 289 g/mol. The first-order valence-corrected chi connectivity index (χ1v) is 7.52. The molecule has 0 aromatic carbocycles. The third-order valence-electron chi connectivity index (χ3n) is 3.16. The molecule has 118 valence electrons. The number of hydrogen-bond acceptors (Lipinski definition) is 7. The maximum atomic E-state index is 10.4. The van der Waals surface area contributed by atoms with Crippen LogP contribution in [0.3, 0.4) is 0 Å². The van der Waals surface area contributed by atoms with Gasteiger partial charge < -0.3 is 30.2 Å². The van der Waals surface area contributed by atoms with Gasteiger partial charge in [-0.15, -0.1) is 0 Å². The van der Waals surface area contributed by atoms with Crippen molar-refractivity contribution in [1.29, 1.82) is 0 Å². The first-order chi connectivity index (χ1) is 9.31. The van der Waals surface area contributed by atoms with Crippen LogP contribution in [0.1, 0.15) is 32.1 Å². The van der Waals surface area contributed by atoms with Crippen molar-refractivity contribution in [3.8, 4) is 0 Å². The average Bonchev–Trinajstić information content (AvgIpc) is 2.41. The van der Waals surface area contributed by atoms with Crippen LogP contribution in [0.15, 0.2) is 0 Å². The number of quaternary nitrogens is 1. The molecule has 9 heteroatoms. The van der Waals surface area contributed by atoms with Crippen molar-refractivity contribution in [2.45, 2.75) is 49.8 Å². The van der Waals surface area contributed by atoms with Crippen LogP contribution in [0, 0.1) is 0 Å². The van der Waals surface area contributed by atoms with Crippen LogP contribution in [0.5, 0.6) is 0 Å². The SMILES string of the molecule is COC(OC)(C(=O)[O-])C(O)P(=O)=O.[NH3+]C1CCCCC1. The zero-order valence-electron chi connectivity index (χ0n) is 11.7. The van der Waals surface area contributed by atoms with Gasteiger partial charge in [-0.25, -0.2) is 9.13 Å². The first-order valence-electron chi connectivity index (χ1n) is 6.28. The summed E-state index contributed by atoms with van der Waals surface area (Å²) in [6.07, 6.45) is 7.05. The van der Waals surface area contributed by atoms with Gasteiger partial charge in [-0.2, -0.15) is 0 Å². The fourth-order valence-electron chi connectivity index (χ4n) is 1.89. The number of carboxylic acids is 1. The molecule has 0 aromatic rings. The van der Waals surface area contributed by atoms with Gasteiger partial charge in [-0.1, -0.05) is 6.42 Å². The molecule has 0 heterocycles. The third-order valence-corrected chi connectivity index (χ3v) is 3.89.